The Labute approximate surface area is 126 Å². The van der Waals surface area contributed by atoms with Crippen LogP contribution in [-0.2, 0) is 6.42 Å². The number of hydrogen-bond acceptors (Lipinski definition) is 2. The molecule has 1 aromatic heterocycles. The Balaban J connectivity index is 1.93. The highest BCUT2D eigenvalue weighted by molar-refractivity contribution is 7.15. The Hall–Kier alpha value is -1.28. The maximum absolute atomic E-state index is 5.75. The molecule has 1 nitrogen and oxygen atoms in total. The molecule has 0 aliphatic heterocycles. The lowest BCUT2D eigenvalue weighted by Gasteiger charge is -2.06. The maximum Gasteiger partial charge on any atom is 0.119 e. The molecule has 2 aromatic rings. The molecule has 0 aliphatic rings. The summed E-state index contributed by atoms with van der Waals surface area (Å²) in [6.45, 7) is 5.26. The highest BCUT2D eigenvalue weighted by Crippen LogP contribution is 2.30. The summed E-state index contributed by atoms with van der Waals surface area (Å²) in [5.74, 6) is 0.982. The summed E-state index contributed by atoms with van der Waals surface area (Å²) in [7, 11) is 0. The molecule has 1 aromatic carbocycles. The fourth-order valence-electron chi connectivity index (χ4n) is 2.17. The summed E-state index contributed by atoms with van der Waals surface area (Å²) in [6, 6.07) is 13.0. The number of aryl methyl sites for hydroxylation is 1. The van der Waals surface area contributed by atoms with Crippen molar-refractivity contribution >= 4 is 11.3 Å². The molecular formula is C18H24OS. The molecule has 2 rings (SSSR count). The second kappa shape index (κ2) is 8.11. The second-order valence-electron chi connectivity index (χ2n) is 5.10. The van der Waals surface area contributed by atoms with Crippen LogP contribution in [0.5, 0.6) is 5.75 Å². The van der Waals surface area contributed by atoms with Crippen LogP contribution in [0, 0.1) is 0 Å². The molecular weight excluding hydrogens is 264 g/mol. The number of rotatable bonds is 8. The van der Waals surface area contributed by atoms with Crippen LogP contribution in [0.4, 0.5) is 0 Å². The number of benzene rings is 1. The van der Waals surface area contributed by atoms with E-state index in [2.05, 4.69) is 50.2 Å². The lowest BCUT2D eigenvalue weighted by Crippen LogP contribution is -1.96. The van der Waals surface area contributed by atoms with Gasteiger partial charge >= 0.3 is 0 Å². The number of thiophene rings is 1. The maximum atomic E-state index is 5.75. The van der Waals surface area contributed by atoms with E-state index >= 15 is 0 Å². The largest absolute Gasteiger partial charge is 0.494 e. The van der Waals surface area contributed by atoms with Gasteiger partial charge in [0.25, 0.3) is 0 Å². The molecule has 20 heavy (non-hydrogen) atoms. The average molecular weight is 288 g/mol. The summed E-state index contributed by atoms with van der Waals surface area (Å²) < 4.78 is 5.75. The minimum absolute atomic E-state index is 0.826. The van der Waals surface area contributed by atoms with Crippen molar-refractivity contribution in [2.75, 3.05) is 6.61 Å². The molecule has 0 atom stereocenters. The highest BCUT2D eigenvalue weighted by atomic mass is 32.1. The monoisotopic (exact) mass is 288 g/mol. The van der Waals surface area contributed by atoms with Crippen molar-refractivity contribution in [3.8, 4) is 16.2 Å². The first-order valence-corrected chi connectivity index (χ1v) is 8.47. The van der Waals surface area contributed by atoms with Crippen molar-refractivity contribution in [3.63, 3.8) is 0 Å². The Bertz CT molecular complexity index is 498. The predicted molar refractivity (Wildman–Crippen MR) is 88.8 cm³/mol. The van der Waals surface area contributed by atoms with Crippen LogP contribution in [0.1, 0.15) is 44.4 Å². The number of hydrogen-bond donors (Lipinski definition) is 0. The molecule has 0 aliphatic carbocycles. The molecule has 0 N–H and O–H groups in total. The van der Waals surface area contributed by atoms with Gasteiger partial charge in [0, 0.05) is 9.75 Å². The van der Waals surface area contributed by atoms with Crippen molar-refractivity contribution in [3.05, 3.63) is 41.3 Å². The van der Waals surface area contributed by atoms with Crippen LogP contribution in [-0.4, -0.2) is 6.61 Å². The zero-order valence-corrected chi connectivity index (χ0v) is 13.3. The number of unbranched alkanes of at least 4 members (excludes halogenated alkanes) is 2. The zero-order valence-electron chi connectivity index (χ0n) is 12.5. The van der Waals surface area contributed by atoms with Gasteiger partial charge in [0.1, 0.15) is 5.75 Å². The molecule has 0 saturated heterocycles. The normalized spacial score (nSPS) is 10.7. The summed E-state index contributed by atoms with van der Waals surface area (Å²) in [5.41, 5.74) is 1.29. The van der Waals surface area contributed by atoms with Crippen LogP contribution in [0.15, 0.2) is 36.4 Å². The van der Waals surface area contributed by atoms with Gasteiger partial charge in [-0.25, -0.2) is 0 Å². The Kier molecular flexibility index (Phi) is 6.13. The van der Waals surface area contributed by atoms with E-state index < -0.39 is 0 Å². The van der Waals surface area contributed by atoms with E-state index in [1.54, 1.807) is 0 Å². The second-order valence-corrected chi connectivity index (χ2v) is 6.26. The first-order valence-electron chi connectivity index (χ1n) is 7.65. The van der Waals surface area contributed by atoms with Crippen molar-refractivity contribution in [1.82, 2.24) is 0 Å². The van der Waals surface area contributed by atoms with E-state index in [1.165, 1.54) is 41.0 Å². The fraction of sp³-hybridized carbons (Fsp3) is 0.444. The van der Waals surface area contributed by atoms with Gasteiger partial charge in [-0.3, -0.25) is 0 Å². The minimum Gasteiger partial charge on any atom is -0.494 e. The van der Waals surface area contributed by atoms with Crippen molar-refractivity contribution in [1.29, 1.82) is 0 Å². The van der Waals surface area contributed by atoms with E-state index in [0.29, 0.717) is 0 Å². The standard InChI is InChI=1S/C18H24OS/c1-3-5-6-14-19-16-10-8-15(9-11-16)18-13-12-17(20-18)7-4-2/h8-13H,3-7,14H2,1-2H3. The average Bonchev–Trinajstić information content (AvgIpc) is 2.93. The predicted octanol–water partition coefficient (Wildman–Crippen LogP) is 5.94. The molecule has 108 valence electrons. The SMILES string of the molecule is CCCCCOc1ccc(-c2ccc(CCC)s2)cc1. The summed E-state index contributed by atoms with van der Waals surface area (Å²) >= 11 is 1.90. The van der Waals surface area contributed by atoms with Gasteiger partial charge in [0.05, 0.1) is 6.61 Å². The van der Waals surface area contributed by atoms with Crippen molar-refractivity contribution < 1.29 is 4.74 Å². The van der Waals surface area contributed by atoms with E-state index in [4.69, 9.17) is 4.74 Å². The molecule has 0 unspecified atom stereocenters. The number of ether oxygens (including phenoxy) is 1. The van der Waals surface area contributed by atoms with Gasteiger partial charge in [0.2, 0.25) is 0 Å². The van der Waals surface area contributed by atoms with Crippen LogP contribution in [0.3, 0.4) is 0 Å². The quantitative estimate of drug-likeness (QED) is 0.546. The van der Waals surface area contributed by atoms with E-state index in [-0.39, 0.29) is 0 Å². The molecule has 2 heteroatoms. The third kappa shape index (κ3) is 4.38. The van der Waals surface area contributed by atoms with Gasteiger partial charge in [0.15, 0.2) is 0 Å². The third-order valence-electron chi connectivity index (χ3n) is 3.31. The smallest absolute Gasteiger partial charge is 0.119 e. The zero-order chi connectivity index (χ0) is 14.2. The van der Waals surface area contributed by atoms with Gasteiger partial charge in [-0.05, 0) is 54.8 Å². The van der Waals surface area contributed by atoms with E-state index in [1.807, 2.05) is 11.3 Å². The topological polar surface area (TPSA) is 9.23 Å². The van der Waals surface area contributed by atoms with E-state index in [9.17, 15) is 0 Å². The molecule has 0 spiro atoms. The first-order chi connectivity index (χ1) is 9.83. The third-order valence-corrected chi connectivity index (χ3v) is 4.51. The van der Waals surface area contributed by atoms with Crippen LogP contribution in [0.2, 0.25) is 0 Å². The molecule has 0 radical (unpaired) electrons. The molecule has 0 bridgehead atoms. The van der Waals surface area contributed by atoms with Gasteiger partial charge in [-0.2, -0.15) is 0 Å². The summed E-state index contributed by atoms with van der Waals surface area (Å²) in [5, 5.41) is 0. The van der Waals surface area contributed by atoms with Crippen LogP contribution in [0.25, 0.3) is 10.4 Å². The van der Waals surface area contributed by atoms with Crippen molar-refractivity contribution in [2.24, 2.45) is 0 Å². The Morgan fingerprint density at radius 1 is 0.900 bits per heavy atom. The molecule has 0 saturated carbocycles. The lowest BCUT2D eigenvalue weighted by molar-refractivity contribution is 0.306. The first kappa shape index (κ1) is 15.1. The van der Waals surface area contributed by atoms with Crippen LogP contribution >= 0.6 is 11.3 Å². The van der Waals surface area contributed by atoms with E-state index in [0.717, 1.165) is 18.8 Å². The van der Waals surface area contributed by atoms with Gasteiger partial charge in [-0.1, -0.05) is 33.1 Å². The van der Waals surface area contributed by atoms with Crippen LogP contribution < -0.4 is 4.74 Å². The van der Waals surface area contributed by atoms with Gasteiger partial charge < -0.3 is 4.74 Å². The molecule has 0 amide bonds. The Morgan fingerprint density at radius 3 is 2.40 bits per heavy atom. The molecule has 1 heterocycles. The highest BCUT2D eigenvalue weighted by Gasteiger charge is 2.03. The summed E-state index contributed by atoms with van der Waals surface area (Å²) in [4.78, 5) is 2.83. The molecule has 0 fully saturated rings. The van der Waals surface area contributed by atoms with Crippen molar-refractivity contribution in [2.45, 2.75) is 46.0 Å². The lowest BCUT2D eigenvalue weighted by atomic mass is 10.2. The summed E-state index contributed by atoms with van der Waals surface area (Å²) in [6.07, 6.45) is 6.02. The minimum atomic E-state index is 0.826. The van der Waals surface area contributed by atoms with Gasteiger partial charge in [-0.15, -0.1) is 11.3 Å². The Morgan fingerprint density at radius 2 is 1.70 bits per heavy atom. The fourth-order valence-corrected chi connectivity index (χ4v) is 3.29.